The number of aryl methyl sites for hydroxylation is 10. The summed E-state index contributed by atoms with van der Waals surface area (Å²) in [5, 5.41) is 11.1. The normalized spacial score (nSPS) is 18.5. The summed E-state index contributed by atoms with van der Waals surface area (Å²) >= 11 is 0. The first-order valence-electron chi connectivity index (χ1n) is 42.8. The van der Waals surface area contributed by atoms with Crippen LogP contribution in [0.25, 0.3) is 110 Å². The molecule has 5 aromatic carbocycles. The van der Waals surface area contributed by atoms with E-state index in [0.29, 0.717) is 35.6 Å². The summed E-state index contributed by atoms with van der Waals surface area (Å²) in [7, 11) is 2.08. The number of nitrogens with zero attached hydrogens (tertiary/aromatic N) is 15. The molecular formula is C100H113N15O5. The summed E-state index contributed by atoms with van der Waals surface area (Å²) in [4.78, 5) is 46.1. The van der Waals surface area contributed by atoms with E-state index in [1.807, 2.05) is 58.9 Å². The predicted molar refractivity (Wildman–Crippen MR) is 493 cm³/mol. The molecule has 1 fully saturated rings. The van der Waals surface area contributed by atoms with Gasteiger partial charge in [-0.25, -0.2) is 24.9 Å². The van der Waals surface area contributed by atoms with Crippen LogP contribution < -0.4 is 24.5 Å². The van der Waals surface area contributed by atoms with Crippen molar-refractivity contribution < 1.29 is 22.1 Å². The van der Waals surface area contributed by atoms with Crippen molar-refractivity contribution in [1.29, 1.82) is 0 Å². The van der Waals surface area contributed by atoms with Gasteiger partial charge < -0.3 is 71.1 Å². The molecule has 5 aliphatic heterocycles. The molecule has 0 radical (unpaired) electrons. The number of fused-ring (bicyclic) bond motifs is 15. The van der Waals surface area contributed by atoms with Gasteiger partial charge in [-0.3, -0.25) is 0 Å². The molecule has 20 heteroatoms. The van der Waals surface area contributed by atoms with E-state index in [9.17, 15) is 0 Å². The van der Waals surface area contributed by atoms with E-state index in [1.54, 1.807) is 0 Å². The molecule has 618 valence electrons. The third-order valence-electron chi connectivity index (χ3n) is 25.2. The fourth-order valence-electron chi connectivity index (χ4n) is 18.5. The second kappa shape index (κ2) is 32.0. The highest BCUT2D eigenvalue weighted by atomic mass is 16.4. The molecule has 20 nitrogen and oxygen atoms in total. The number of benzene rings is 5. The lowest BCUT2D eigenvalue weighted by molar-refractivity contribution is 0.237. The van der Waals surface area contributed by atoms with Crippen LogP contribution in [0, 0.1) is 75.2 Å². The molecular weight excluding hydrogens is 1490 g/mol. The second-order valence-corrected chi connectivity index (χ2v) is 34.3. The van der Waals surface area contributed by atoms with Crippen LogP contribution in [0.15, 0.2) is 205 Å². The number of anilines is 5. The van der Waals surface area contributed by atoms with Crippen LogP contribution in [0.2, 0.25) is 0 Å². The van der Waals surface area contributed by atoms with Gasteiger partial charge in [0.15, 0.2) is 27.9 Å². The van der Waals surface area contributed by atoms with Gasteiger partial charge in [0.25, 0.3) is 0 Å². The molecule has 0 unspecified atom stereocenters. The Morgan fingerprint density at radius 3 is 0.900 bits per heavy atom. The number of pyridine rings is 5. The van der Waals surface area contributed by atoms with E-state index in [0.717, 1.165) is 163 Å². The van der Waals surface area contributed by atoms with Crippen molar-refractivity contribution in [2.45, 2.75) is 207 Å². The van der Waals surface area contributed by atoms with Gasteiger partial charge in [-0.1, -0.05) is 87.4 Å². The lowest BCUT2D eigenvalue weighted by Crippen LogP contribution is -2.41. The standard InChI is InChI=1S/C22H25N3O.C21H25N3O.C20H23N3O.C19H21N3O.C18H19N3O/c1-14-8-10-18-19-11-9-15(2)23-22(19)26-21(18)20(14)25-13-12-24(16(25)3)17-6-4-5-7-17;1-13(2)12-23-10-11-24(16(23)5)19-14(3)6-8-17-18-9-7-15(4)22-21(18)25-20(17)19;1-12(2)22-10-11-23(15(22)5)18-13(3)6-8-16-17-9-7-14(4)21-20(17)24-19(16)18;1-5-21-10-11-22(14(21)4)17-12(2)6-8-15-16-9-7-13(3)20-19(16)23-18(15)17;1-11-5-7-14-15-8-6-12(2)19-18(15)22-17(14)16(11)21-10-9-20(4)13(21)3/h8-13,16-17H,4-7H2,1-3H3;6-11,13,16H,12H2,1-5H3;6-12,15H,1-5H3;6-11,14H,5H2,1-4H3;5-10,13H,1-4H3/t2*16-;15-;14-;13-/m00000/s1. The van der Waals surface area contributed by atoms with Crippen molar-refractivity contribution in [2.24, 2.45) is 5.92 Å². The first kappa shape index (κ1) is 80.0. The first-order valence-corrected chi connectivity index (χ1v) is 42.8. The number of furan rings is 5. The molecule has 15 aromatic rings. The van der Waals surface area contributed by atoms with Crippen molar-refractivity contribution in [2.75, 3.05) is 44.6 Å². The van der Waals surface area contributed by atoms with E-state index in [1.165, 1.54) is 59.2 Å². The van der Waals surface area contributed by atoms with Crippen LogP contribution in [-0.4, -0.2) is 112 Å². The highest BCUT2D eigenvalue weighted by Crippen LogP contribution is 2.47. The van der Waals surface area contributed by atoms with Gasteiger partial charge in [-0.05, 0) is 232 Å². The highest BCUT2D eigenvalue weighted by molar-refractivity contribution is 6.13. The summed E-state index contributed by atoms with van der Waals surface area (Å²) in [6.45, 7) is 45.0. The van der Waals surface area contributed by atoms with Crippen LogP contribution in [0.1, 0.15) is 151 Å². The Kier molecular flexibility index (Phi) is 21.3. The molecule has 15 heterocycles. The molecule has 0 bridgehead atoms. The fraction of sp³-hybridized carbons (Fsp3) is 0.350. The van der Waals surface area contributed by atoms with Crippen LogP contribution in [-0.2, 0) is 0 Å². The molecule has 21 rings (SSSR count). The Balaban J connectivity index is 0.000000107. The number of aromatic nitrogens is 5. The summed E-state index contributed by atoms with van der Waals surface area (Å²) in [6.07, 6.45) is 28.4. The summed E-state index contributed by atoms with van der Waals surface area (Å²) in [6, 6.07) is 43.5. The van der Waals surface area contributed by atoms with Gasteiger partial charge in [0.1, 0.15) is 30.8 Å². The number of rotatable bonds is 10. The zero-order chi connectivity index (χ0) is 84.1. The average Bonchev–Trinajstić information content (AvgIpc) is 1.61. The van der Waals surface area contributed by atoms with Gasteiger partial charge in [0.2, 0.25) is 28.6 Å². The number of hydrogen-bond acceptors (Lipinski definition) is 20. The van der Waals surface area contributed by atoms with Crippen molar-refractivity contribution in [3.63, 3.8) is 0 Å². The lowest BCUT2D eigenvalue weighted by atomic mass is 10.1. The monoisotopic (exact) mass is 1600 g/mol. The van der Waals surface area contributed by atoms with E-state index in [4.69, 9.17) is 22.1 Å². The Labute approximate surface area is 703 Å². The van der Waals surface area contributed by atoms with Crippen LogP contribution in [0.3, 0.4) is 0 Å². The molecule has 1 aliphatic carbocycles. The minimum Gasteiger partial charge on any atom is -0.435 e. The summed E-state index contributed by atoms with van der Waals surface area (Å²) in [5.41, 5.74) is 24.9. The summed E-state index contributed by atoms with van der Waals surface area (Å²) < 4.78 is 31.0. The van der Waals surface area contributed by atoms with E-state index in [-0.39, 0.29) is 24.7 Å². The van der Waals surface area contributed by atoms with Gasteiger partial charge in [0.05, 0.1) is 28.4 Å². The molecule has 0 N–H and O–H groups in total. The largest absolute Gasteiger partial charge is 0.435 e. The van der Waals surface area contributed by atoms with Gasteiger partial charge >= 0.3 is 0 Å². The predicted octanol–water partition coefficient (Wildman–Crippen LogP) is 24.3. The molecule has 0 spiro atoms. The van der Waals surface area contributed by atoms with Crippen molar-refractivity contribution in [3.05, 3.63) is 240 Å². The fourth-order valence-corrected chi connectivity index (χ4v) is 18.5. The molecule has 10 aromatic heterocycles. The maximum atomic E-state index is 6.26. The van der Waals surface area contributed by atoms with Crippen LogP contribution in [0.5, 0.6) is 0 Å². The highest BCUT2D eigenvalue weighted by Gasteiger charge is 2.36. The SMILES string of the molecule is CCN1C=CN(c2c(C)ccc3c2oc2nc(C)ccc23)[C@H]1C.Cc1ccc2c(n1)oc1c(N3C=CN(C(C)C)[C@@H]3C)c(C)ccc12.Cc1ccc2c(n1)oc1c(N3C=CN(C)[C@@H]3C)c(C)ccc12.Cc1ccc2c(n1)oc1c(N3C=CN(C4CCCC4)[C@@H]3C)c(C)ccc12.Cc1ccc2c(n1)oc1c(N3C=CN(CC(C)C)[C@@H]3C)c(C)ccc12. The average molecular weight is 1610 g/mol. The quantitative estimate of drug-likeness (QED) is 0.127. The Morgan fingerprint density at radius 2 is 0.600 bits per heavy atom. The molecule has 6 aliphatic rings. The first-order chi connectivity index (χ1) is 57.7. The minimum atomic E-state index is 0.261. The van der Waals surface area contributed by atoms with Gasteiger partial charge in [-0.15, -0.1) is 0 Å². The van der Waals surface area contributed by atoms with Gasteiger partial charge in [-0.2, -0.15) is 0 Å². The Hall–Kier alpha value is -12.5. The summed E-state index contributed by atoms with van der Waals surface area (Å²) in [5.74, 6) is 0.627. The van der Waals surface area contributed by atoms with Crippen molar-refractivity contribution in [3.8, 4) is 0 Å². The maximum Gasteiger partial charge on any atom is 0.227 e. The smallest absolute Gasteiger partial charge is 0.227 e. The third kappa shape index (κ3) is 14.3. The van der Waals surface area contributed by atoms with E-state index in [2.05, 4.69) is 344 Å². The Morgan fingerprint density at radius 1 is 0.317 bits per heavy atom. The Bertz CT molecular complexity index is 6600. The van der Waals surface area contributed by atoms with Crippen molar-refractivity contribution >= 4 is 139 Å². The van der Waals surface area contributed by atoms with E-state index < -0.39 is 0 Å². The van der Waals surface area contributed by atoms with Crippen molar-refractivity contribution in [1.82, 2.24) is 49.4 Å². The zero-order valence-electron chi connectivity index (χ0n) is 73.4. The number of hydrogen-bond donors (Lipinski definition) is 0. The molecule has 0 amide bonds. The zero-order valence-corrected chi connectivity index (χ0v) is 73.4. The topological polar surface area (TPSA) is 163 Å². The maximum absolute atomic E-state index is 6.26. The van der Waals surface area contributed by atoms with E-state index >= 15 is 0 Å². The third-order valence-corrected chi connectivity index (χ3v) is 25.2. The molecule has 5 atom stereocenters. The van der Waals surface area contributed by atoms with Gasteiger partial charge in [0, 0.05) is 177 Å². The second-order valence-electron chi connectivity index (χ2n) is 34.3. The molecule has 1 saturated carbocycles. The van der Waals surface area contributed by atoms with Crippen LogP contribution in [0.4, 0.5) is 28.4 Å². The lowest BCUT2D eigenvalue weighted by Gasteiger charge is -2.34. The molecule has 0 saturated heterocycles. The minimum absolute atomic E-state index is 0.261. The van der Waals surface area contributed by atoms with Crippen LogP contribution >= 0.6 is 0 Å². The molecule has 120 heavy (non-hydrogen) atoms.